The minimum atomic E-state index is -1.20. The molecule has 6 rings (SSSR count). The van der Waals surface area contributed by atoms with Crippen LogP contribution in [0.5, 0.6) is 23.0 Å². The Morgan fingerprint density at radius 3 is 1.89 bits per heavy atom. The number of fused-ring (bicyclic) bond motifs is 2. The van der Waals surface area contributed by atoms with Gasteiger partial charge in [0.05, 0.1) is 7.11 Å². The number of amides is 6. The summed E-state index contributed by atoms with van der Waals surface area (Å²) in [5.74, 6) is -2.61. The van der Waals surface area contributed by atoms with Crippen molar-refractivity contribution in [3.63, 3.8) is 0 Å². The van der Waals surface area contributed by atoms with Crippen molar-refractivity contribution in [2.24, 2.45) is 0 Å². The predicted molar refractivity (Wildman–Crippen MR) is 206 cm³/mol. The summed E-state index contributed by atoms with van der Waals surface area (Å²) in [6, 6.07) is 11.6. The maximum absolute atomic E-state index is 14.7. The van der Waals surface area contributed by atoms with Crippen molar-refractivity contribution in [3.05, 3.63) is 83.4 Å². The number of benzene rings is 3. The topological polar surface area (TPSA) is 187 Å². The number of hydrogen-bond acceptors (Lipinski definition) is 9. The zero-order chi connectivity index (χ0) is 40.8. The SMILES string of the molecule is CC[C@@H]1NC(=O)[C@@H]2Cc3ccc(O)c(c3)Oc3ccc(cc3)C[C@H](C(=O)N2C)N(C)C(=O)[C@H](C)NC(=O)[C@H](Cc2ccc(OC)cc2)N(C)C(=O)[C@H](C)NC1=O. The number of hydrogen-bond donors (Lipinski definition) is 4. The zero-order valence-electron chi connectivity index (χ0n) is 32.7. The van der Waals surface area contributed by atoms with E-state index >= 15 is 0 Å². The van der Waals surface area contributed by atoms with Crippen LogP contribution in [0.3, 0.4) is 0 Å². The maximum Gasteiger partial charge on any atom is 0.246 e. The molecular weight excluding hydrogens is 720 g/mol. The number of ether oxygens (including phenoxy) is 2. The van der Waals surface area contributed by atoms with Gasteiger partial charge in [-0.25, -0.2) is 0 Å². The van der Waals surface area contributed by atoms with E-state index in [4.69, 9.17) is 9.47 Å². The van der Waals surface area contributed by atoms with E-state index in [-0.39, 0.29) is 37.2 Å². The molecule has 15 heteroatoms. The van der Waals surface area contributed by atoms with Gasteiger partial charge in [0, 0.05) is 40.4 Å². The van der Waals surface area contributed by atoms with Crippen LogP contribution < -0.4 is 25.4 Å². The summed E-state index contributed by atoms with van der Waals surface area (Å²) < 4.78 is 11.3. The number of carbonyl (C=O) groups excluding carboxylic acids is 6. The average molecular weight is 771 g/mol. The highest BCUT2D eigenvalue weighted by molar-refractivity contribution is 5.98. The first kappa shape index (κ1) is 41.1. The summed E-state index contributed by atoms with van der Waals surface area (Å²) in [6.07, 6.45) is 0.198. The highest BCUT2D eigenvalue weighted by Gasteiger charge is 2.39. The molecule has 6 atom stereocenters. The second-order valence-corrected chi connectivity index (χ2v) is 14.3. The number of phenolic OH excluding ortho intramolecular Hbond substituents is 1. The van der Waals surface area contributed by atoms with E-state index in [1.54, 1.807) is 67.6 Å². The van der Waals surface area contributed by atoms with Crippen LogP contribution in [0.4, 0.5) is 0 Å². The molecule has 1 fully saturated rings. The number of methoxy groups -OCH3 is 1. The van der Waals surface area contributed by atoms with Gasteiger partial charge in [-0.1, -0.05) is 37.3 Å². The van der Waals surface area contributed by atoms with E-state index in [1.807, 2.05) is 0 Å². The van der Waals surface area contributed by atoms with Gasteiger partial charge < -0.3 is 45.2 Å². The molecule has 56 heavy (non-hydrogen) atoms. The molecular formula is C41H50N6O9. The standard InChI is InChI=1S/C41H50N6O9/c1-8-30-36(49)42-23(2)39(52)45(4)31(19-25-9-14-28(55-7)15-10-25)37(50)43-24(3)40(53)47(6)33-20-26-11-16-29(17-12-26)56-35-22-27(13-18-34(35)48)21-32(38(51)44-30)46(5)41(33)54/h9-18,22-24,30-33,48H,8,19-21H2,1-7H3,(H,42,49)(H,43,50)(H,44,51)/t23-,24-,30-,31-,32-,33+/m0/s1. The molecule has 3 aliphatic rings. The Morgan fingerprint density at radius 2 is 1.27 bits per heavy atom. The van der Waals surface area contributed by atoms with Gasteiger partial charge in [-0.2, -0.15) is 0 Å². The lowest BCUT2D eigenvalue weighted by atomic mass is 9.98. The van der Waals surface area contributed by atoms with Crippen LogP contribution >= 0.6 is 0 Å². The Kier molecular flexibility index (Phi) is 12.9. The van der Waals surface area contributed by atoms with Gasteiger partial charge in [0.25, 0.3) is 0 Å². The van der Waals surface area contributed by atoms with Crippen LogP contribution in [-0.4, -0.2) is 120 Å². The molecule has 3 aromatic rings. The Labute approximate surface area is 326 Å². The van der Waals surface area contributed by atoms with Crippen LogP contribution in [-0.2, 0) is 48.0 Å². The Morgan fingerprint density at radius 1 is 0.696 bits per heavy atom. The maximum atomic E-state index is 14.7. The van der Waals surface area contributed by atoms with Crippen molar-refractivity contribution in [2.75, 3.05) is 28.3 Å². The van der Waals surface area contributed by atoms with Crippen LogP contribution in [0, 0.1) is 0 Å². The molecule has 0 aromatic heterocycles. The molecule has 0 saturated carbocycles. The van der Waals surface area contributed by atoms with Gasteiger partial charge in [0.15, 0.2) is 11.5 Å². The molecule has 0 radical (unpaired) electrons. The normalized spacial score (nSPS) is 24.4. The minimum Gasteiger partial charge on any atom is -0.504 e. The van der Waals surface area contributed by atoms with E-state index in [0.717, 1.165) is 0 Å². The van der Waals surface area contributed by atoms with Crippen molar-refractivity contribution in [3.8, 4) is 23.0 Å². The molecule has 6 amide bonds. The summed E-state index contributed by atoms with van der Waals surface area (Å²) in [6.45, 7) is 4.67. The molecule has 3 heterocycles. The third kappa shape index (κ3) is 9.21. The number of rotatable bonds is 4. The minimum absolute atomic E-state index is 0.0342. The Hall–Kier alpha value is -6.12. The van der Waals surface area contributed by atoms with E-state index in [2.05, 4.69) is 16.0 Å². The van der Waals surface area contributed by atoms with Crippen molar-refractivity contribution in [1.29, 1.82) is 0 Å². The van der Waals surface area contributed by atoms with Crippen LogP contribution in [0.15, 0.2) is 66.7 Å². The molecule has 3 aliphatic heterocycles. The molecule has 3 aromatic carbocycles. The van der Waals surface area contributed by atoms with E-state index in [9.17, 15) is 33.9 Å². The Balaban J connectivity index is 1.59. The molecule has 0 aliphatic carbocycles. The molecule has 6 bridgehead atoms. The smallest absolute Gasteiger partial charge is 0.246 e. The lowest BCUT2D eigenvalue weighted by Crippen LogP contribution is -2.61. The monoisotopic (exact) mass is 770 g/mol. The molecule has 1 saturated heterocycles. The van der Waals surface area contributed by atoms with Gasteiger partial charge >= 0.3 is 0 Å². The van der Waals surface area contributed by atoms with Crippen molar-refractivity contribution in [1.82, 2.24) is 30.7 Å². The molecule has 0 unspecified atom stereocenters. The summed E-state index contributed by atoms with van der Waals surface area (Å²) in [5, 5.41) is 18.8. The third-order valence-corrected chi connectivity index (χ3v) is 10.5. The van der Waals surface area contributed by atoms with Gasteiger partial charge in [0.1, 0.15) is 47.8 Å². The van der Waals surface area contributed by atoms with Gasteiger partial charge in [-0.15, -0.1) is 0 Å². The van der Waals surface area contributed by atoms with Crippen LogP contribution in [0.1, 0.15) is 43.9 Å². The first-order chi connectivity index (χ1) is 26.6. The predicted octanol–water partition coefficient (Wildman–Crippen LogP) is 1.93. The second-order valence-electron chi connectivity index (χ2n) is 14.3. The highest BCUT2D eigenvalue weighted by atomic mass is 16.5. The molecule has 298 valence electrons. The summed E-state index contributed by atoms with van der Waals surface area (Å²) in [7, 11) is 5.90. The lowest BCUT2D eigenvalue weighted by molar-refractivity contribution is -0.149. The first-order valence-electron chi connectivity index (χ1n) is 18.5. The largest absolute Gasteiger partial charge is 0.504 e. The number of phenols is 1. The summed E-state index contributed by atoms with van der Waals surface area (Å²) in [4.78, 5) is 88.5. The summed E-state index contributed by atoms with van der Waals surface area (Å²) in [5.41, 5.74) is 1.90. The number of carbonyl (C=O) groups is 6. The number of likely N-dealkylation sites (N-methyl/N-ethyl adjacent to an activating group) is 3. The van der Waals surface area contributed by atoms with Crippen molar-refractivity contribution < 1.29 is 43.3 Å². The fourth-order valence-corrected chi connectivity index (χ4v) is 6.89. The molecule has 4 N–H and O–H groups in total. The Bertz CT molecular complexity index is 1950. The van der Waals surface area contributed by atoms with E-state index in [1.165, 1.54) is 62.9 Å². The molecule has 15 nitrogen and oxygen atoms in total. The lowest BCUT2D eigenvalue weighted by Gasteiger charge is -2.37. The van der Waals surface area contributed by atoms with E-state index in [0.29, 0.717) is 28.2 Å². The third-order valence-electron chi connectivity index (χ3n) is 10.5. The van der Waals surface area contributed by atoms with Crippen LogP contribution in [0.2, 0.25) is 0 Å². The summed E-state index contributed by atoms with van der Waals surface area (Å²) >= 11 is 0. The average Bonchev–Trinajstić information content (AvgIpc) is 3.19. The quantitative estimate of drug-likeness (QED) is 0.308. The number of nitrogens with one attached hydrogen (secondary N) is 3. The fraction of sp³-hybridized carbons (Fsp3) is 0.415. The highest BCUT2D eigenvalue weighted by Crippen LogP contribution is 2.33. The van der Waals surface area contributed by atoms with Crippen LogP contribution in [0.25, 0.3) is 0 Å². The van der Waals surface area contributed by atoms with E-state index < -0.39 is 71.7 Å². The van der Waals surface area contributed by atoms with Gasteiger partial charge in [-0.3, -0.25) is 28.8 Å². The number of aromatic hydroxyl groups is 1. The van der Waals surface area contributed by atoms with Crippen molar-refractivity contribution >= 4 is 35.4 Å². The fourth-order valence-electron chi connectivity index (χ4n) is 6.89. The first-order valence-corrected chi connectivity index (χ1v) is 18.5. The van der Waals surface area contributed by atoms with Gasteiger partial charge in [-0.05, 0) is 73.4 Å². The van der Waals surface area contributed by atoms with Crippen molar-refractivity contribution in [2.45, 2.75) is 82.7 Å². The van der Waals surface area contributed by atoms with Gasteiger partial charge in [0.2, 0.25) is 35.4 Å². The number of nitrogens with zero attached hydrogens (tertiary/aromatic N) is 3. The second kappa shape index (κ2) is 17.6. The zero-order valence-corrected chi connectivity index (χ0v) is 32.7. The molecule has 0 spiro atoms.